The summed E-state index contributed by atoms with van der Waals surface area (Å²) in [6, 6.07) is 12.9. The maximum atomic E-state index is 13.5. The average molecular weight is 465 g/mol. The van der Waals surface area contributed by atoms with Crippen molar-refractivity contribution >= 4 is 26.6 Å². The third-order valence-corrected chi connectivity index (χ3v) is 6.54. The van der Waals surface area contributed by atoms with E-state index in [0.29, 0.717) is 28.2 Å². The highest BCUT2D eigenvalue weighted by molar-refractivity contribution is 7.90. The smallest absolute Gasteiger partial charge is 0.251 e. The van der Waals surface area contributed by atoms with Crippen LogP contribution in [0.2, 0.25) is 0 Å². The van der Waals surface area contributed by atoms with E-state index in [9.17, 15) is 17.6 Å². The number of carbonyl (C=O) groups is 1. The molecule has 4 rings (SSSR count). The van der Waals surface area contributed by atoms with Gasteiger partial charge in [0.05, 0.1) is 34.0 Å². The van der Waals surface area contributed by atoms with E-state index in [4.69, 9.17) is 0 Å². The van der Waals surface area contributed by atoms with E-state index in [1.165, 1.54) is 12.1 Å². The third kappa shape index (κ3) is 4.88. The Balaban J connectivity index is 1.57. The van der Waals surface area contributed by atoms with Crippen LogP contribution in [0, 0.1) is 19.8 Å². The Morgan fingerprint density at radius 1 is 1.03 bits per heavy atom. The van der Waals surface area contributed by atoms with Crippen LogP contribution >= 0.6 is 0 Å². The fraction of sp³-hybridized carbons (Fsp3) is 0.167. The van der Waals surface area contributed by atoms with Gasteiger partial charge in [-0.3, -0.25) is 9.78 Å². The number of nitrogens with one attached hydrogen (secondary N) is 1. The molecule has 0 aliphatic carbocycles. The number of hydrogen-bond donors (Lipinski definition) is 1. The number of aryl methyl sites for hydroxylation is 1. The van der Waals surface area contributed by atoms with Gasteiger partial charge in [0.25, 0.3) is 5.91 Å². The number of carbonyl (C=O) groups excluding carboxylic acids is 1. The van der Waals surface area contributed by atoms with Gasteiger partial charge in [0.1, 0.15) is 0 Å². The summed E-state index contributed by atoms with van der Waals surface area (Å²) in [5.41, 5.74) is 3.74. The summed E-state index contributed by atoms with van der Waals surface area (Å²) >= 11 is 0. The molecule has 4 aromatic rings. The van der Waals surface area contributed by atoms with E-state index in [2.05, 4.69) is 20.3 Å². The van der Waals surface area contributed by atoms with Gasteiger partial charge < -0.3 is 5.32 Å². The minimum atomic E-state index is -3.46. The van der Waals surface area contributed by atoms with Gasteiger partial charge in [-0.15, -0.1) is 0 Å². The second kappa shape index (κ2) is 8.67. The molecule has 0 spiro atoms. The van der Waals surface area contributed by atoms with Crippen molar-refractivity contribution in [1.82, 2.24) is 20.3 Å². The highest BCUT2D eigenvalue weighted by atomic mass is 32.2. The van der Waals surface area contributed by atoms with Crippen molar-refractivity contribution in [2.45, 2.75) is 25.3 Å². The Bertz CT molecular complexity index is 1500. The van der Waals surface area contributed by atoms with E-state index in [-0.39, 0.29) is 17.0 Å². The van der Waals surface area contributed by atoms with E-state index in [1.54, 1.807) is 50.4 Å². The number of amides is 1. The number of rotatable bonds is 5. The summed E-state index contributed by atoms with van der Waals surface area (Å²) < 4.78 is 37.6. The normalized spacial score (nSPS) is 11.5. The van der Waals surface area contributed by atoms with Crippen molar-refractivity contribution in [3.63, 3.8) is 0 Å². The highest BCUT2D eigenvalue weighted by Gasteiger charge is 2.17. The van der Waals surface area contributed by atoms with Gasteiger partial charge >= 0.3 is 0 Å². The lowest BCUT2D eigenvalue weighted by Gasteiger charge is -2.11. The monoisotopic (exact) mass is 464 g/mol. The lowest BCUT2D eigenvalue weighted by Crippen LogP contribution is -2.24. The van der Waals surface area contributed by atoms with Gasteiger partial charge in [0, 0.05) is 23.4 Å². The number of benzene rings is 1. The number of halogens is 1. The van der Waals surface area contributed by atoms with E-state index < -0.39 is 21.7 Å². The first-order valence-electron chi connectivity index (χ1n) is 10.1. The van der Waals surface area contributed by atoms with Crippen LogP contribution in [0.15, 0.2) is 59.6 Å². The fourth-order valence-corrected chi connectivity index (χ4v) is 4.52. The molecule has 1 amide bonds. The predicted molar refractivity (Wildman–Crippen MR) is 123 cm³/mol. The molecule has 0 radical (unpaired) electrons. The Morgan fingerprint density at radius 3 is 2.52 bits per heavy atom. The topological polar surface area (TPSA) is 102 Å². The molecular weight excluding hydrogens is 443 g/mol. The molecule has 7 nitrogen and oxygen atoms in total. The van der Waals surface area contributed by atoms with Crippen LogP contribution < -0.4 is 5.32 Å². The Kier molecular flexibility index (Phi) is 5.90. The van der Waals surface area contributed by atoms with Crippen LogP contribution in [-0.2, 0) is 16.4 Å². The molecule has 0 saturated carbocycles. The molecule has 33 heavy (non-hydrogen) atoms. The molecule has 1 N–H and O–H groups in total. The SMILES string of the molecule is Cc1cc(C(=O)NCc2cc3nc(-c4cccc(F)n4)ccc3cn2)cc(S(C)(=O)=O)c1C. The number of nitrogens with zero attached hydrogens (tertiary/aromatic N) is 3. The van der Waals surface area contributed by atoms with Crippen LogP contribution in [0.25, 0.3) is 22.3 Å². The molecule has 3 heterocycles. The zero-order valence-electron chi connectivity index (χ0n) is 18.3. The third-order valence-electron chi connectivity index (χ3n) is 5.32. The molecule has 0 atom stereocenters. The maximum absolute atomic E-state index is 13.5. The van der Waals surface area contributed by atoms with E-state index >= 15 is 0 Å². The summed E-state index contributed by atoms with van der Waals surface area (Å²) in [4.78, 5) is 25.6. The van der Waals surface area contributed by atoms with Crippen molar-refractivity contribution in [3.8, 4) is 11.4 Å². The summed E-state index contributed by atoms with van der Waals surface area (Å²) in [6.07, 6.45) is 2.76. The summed E-state index contributed by atoms with van der Waals surface area (Å²) in [6.45, 7) is 3.61. The predicted octanol–water partition coefficient (Wildman–Crippen LogP) is 3.78. The van der Waals surface area contributed by atoms with Gasteiger partial charge in [0.2, 0.25) is 5.95 Å². The molecule has 0 unspecified atom stereocenters. The van der Waals surface area contributed by atoms with Gasteiger partial charge in [-0.2, -0.15) is 4.39 Å². The van der Waals surface area contributed by atoms with E-state index in [1.807, 2.05) is 6.07 Å². The van der Waals surface area contributed by atoms with E-state index in [0.717, 1.165) is 17.2 Å². The first kappa shape index (κ1) is 22.5. The molecule has 0 aliphatic heterocycles. The van der Waals surface area contributed by atoms with Gasteiger partial charge in [0.15, 0.2) is 9.84 Å². The van der Waals surface area contributed by atoms with Crippen molar-refractivity contribution < 1.29 is 17.6 Å². The fourth-order valence-electron chi connectivity index (χ4n) is 3.46. The summed E-state index contributed by atoms with van der Waals surface area (Å²) in [5.74, 6) is -0.992. The van der Waals surface area contributed by atoms with Crippen LogP contribution in [0.5, 0.6) is 0 Å². The molecule has 1 aromatic carbocycles. The number of pyridine rings is 3. The number of fused-ring (bicyclic) bond motifs is 1. The molecular formula is C24H21FN4O3S. The average Bonchev–Trinajstić information content (AvgIpc) is 2.77. The Labute approximate surface area is 190 Å². The molecule has 0 bridgehead atoms. The lowest BCUT2D eigenvalue weighted by molar-refractivity contribution is 0.0950. The number of hydrogen-bond acceptors (Lipinski definition) is 6. The van der Waals surface area contributed by atoms with Crippen molar-refractivity contribution in [2.75, 3.05) is 6.26 Å². The molecule has 3 aromatic heterocycles. The second-order valence-electron chi connectivity index (χ2n) is 7.78. The maximum Gasteiger partial charge on any atom is 0.251 e. The number of sulfone groups is 1. The molecule has 168 valence electrons. The largest absolute Gasteiger partial charge is 0.346 e. The Morgan fingerprint density at radius 2 is 1.79 bits per heavy atom. The van der Waals surface area contributed by atoms with Crippen LogP contribution in [0.4, 0.5) is 4.39 Å². The zero-order chi connectivity index (χ0) is 23.8. The molecule has 0 aliphatic rings. The van der Waals surface area contributed by atoms with Crippen molar-refractivity contribution in [3.05, 3.63) is 83.1 Å². The van der Waals surface area contributed by atoms with Gasteiger partial charge in [-0.1, -0.05) is 6.07 Å². The second-order valence-corrected chi connectivity index (χ2v) is 9.77. The zero-order valence-corrected chi connectivity index (χ0v) is 19.1. The quantitative estimate of drug-likeness (QED) is 0.451. The first-order chi connectivity index (χ1) is 15.6. The van der Waals surface area contributed by atoms with Gasteiger partial charge in [-0.05, 0) is 67.4 Å². The highest BCUT2D eigenvalue weighted by Crippen LogP contribution is 2.22. The lowest BCUT2D eigenvalue weighted by atomic mass is 10.1. The van der Waals surface area contributed by atoms with Crippen molar-refractivity contribution in [2.24, 2.45) is 0 Å². The minimum absolute atomic E-state index is 0.125. The Hall–Kier alpha value is -3.72. The van der Waals surface area contributed by atoms with Crippen LogP contribution in [0.1, 0.15) is 27.2 Å². The minimum Gasteiger partial charge on any atom is -0.346 e. The van der Waals surface area contributed by atoms with Crippen molar-refractivity contribution in [1.29, 1.82) is 0 Å². The van der Waals surface area contributed by atoms with Crippen LogP contribution in [0.3, 0.4) is 0 Å². The first-order valence-corrected chi connectivity index (χ1v) is 12.0. The number of aromatic nitrogens is 3. The molecule has 0 saturated heterocycles. The molecule has 0 fully saturated rings. The standard InChI is InChI=1S/C24H21FN4O3S/c1-14-9-17(10-22(15(14)2)33(3,31)32)24(30)27-13-18-11-21-16(12-26-18)7-8-20(28-21)19-5-4-6-23(25)29-19/h4-12H,13H2,1-3H3,(H,27,30). The van der Waals surface area contributed by atoms with Gasteiger partial charge in [-0.25, -0.2) is 18.4 Å². The van der Waals surface area contributed by atoms with Crippen LogP contribution in [-0.4, -0.2) is 35.5 Å². The summed E-state index contributed by atoms with van der Waals surface area (Å²) in [5, 5.41) is 3.56. The molecule has 9 heteroatoms. The summed E-state index contributed by atoms with van der Waals surface area (Å²) in [7, 11) is -3.46.